The zero-order chi connectivity index (χ0) is 20.3. The lowest BCUT2D eigenvalue weighted by molar-refractivity contribution is -0.147. The molecule has 8 heteroatoms. The second-order valence-electron chi connectivity index (χ2n) is 6.03. The maximum atomic E-state index is 12.7. The maximum Gasteiger partial charge on any atom is 0.346 e. The van der Waals surface area contributed by atoms with Gasteiger partial charge in [0.15, 0.2) is 6.10 Å². The first-order chi connectivity index (χ1) is 13.4. The average Bonchev–Trinajstić information content (AvgIpc) is 2.69. The Morgan fingerprint density at radius 3 is 2.64 bits per heavy atom. The third-order valence-corrected chi connectivity index (χ3v) is 4.51. The smallest absolute Gasteiger partial charge is 0.346 e. The van der Waals surface area contributed by atoms with E-state index in [1.54, 1.807) is 56.5 Å². The van der Waals surface area contributed by atoms with Gasteiger partial charge in [-0.25, -0.2) is 9.78 Å². The number of hydrogen-bond acceptors (Lipinski definition) is 6. The van der Waals surface area contributed by atoms with Crippen molar-refractivity contribution in [3.63, 3.8) is 0 Å². The van der Waals surface area contributed by atoms with Crippen LogP contribution in [0.3, 0.4) is 0 Å². The number of nitrogens with zero attached hydrogens (tertiary/aromatic N) is 3. The topological polar surface area (TPSA) is 82.8 Å². The molecule has 0 radical (unpaired) electrons. The molecule has 3 rings (SSSR count). The van der Waals surface area contributed by atoms with Crippen LogP contribution in [0.25, 0.3) is 10.9 Å². The summed E-state index contributed by atoms with van der Waals surface area (Å²) in [6.07, 6.45) is 0.863. The van der Waals surface area contributed by atoms with E-state index >= 15 is 0 Å². The van der Waals surface area contributed by atoms with Crippen LogP contribution < -0.4 is 10.3 Å². The molecular formula is C20H18BrN3O4. The fourth-order valence-electron chi connectivity index (χ4n) is 2.57. The first-order valence-electron chi connectivity index (χ1n) is 8.47. The zero-order valence-electron chi connectivity index (χ0n) is 15.5. The summed E-state index contributed by atoms with van der Waals surface area (Å²) >= 11 is 3.37. The van der Waals surface area contributed by atoms with E-state index in [0.717, 1.165) is 10.0 Å². The molecule has 144 valence electrons. The molecule has 0 spiro atoms. The van der Waals surface area contributed by atoms with Gasteiger partial charge < -0.3 is 9.47 Å². The molecule has 2 aromatic carbocycles. The second-order valence-corrected chi connectivity index (χ2v) is 6.95. The molecule has 3 aromatic rings. The molecule has 0 aliphatic carbocycles. The molecule has 7 nitrogen and oxygen atoms in total. The lowest BCUT2D eigenvalue weighted by Crippen LogP contribution is -2.24. The molecule has 0 N–H and O–H groups in total. The first-order valence-corrected chi connectivity index (χ1v) is 9.26. The predicted octanol–water partition coefficient (Wildman–Crippen LogP) is 3.29. The normalized spacial score (nSPS) is 12.3. The molecular weight excluding hydrogens is 426 g/mol. The van der Waals surface area contributed by atoms with E-state index in [1.165, 1.54) is 11.8 Å². The molecule has 28 heavy (non-hydrogen) atoms. The molecule has 0 unspecified atom stereocenters. The SMILES string of the molecule is COC(=O)[C@@H](C)Oc1ccc(C=Nn2c(C)nc3ccc(Br)cc3c2=O)cc1. The zero-order valence-corrected chi connectivity index (χ0v) is 17.1. The molecule has 0 saturated carbocycles. The summed E-state index contributed by atoms with van der Waals surface area (Å²) < 4.78 is 12.2. The van der Waals surface area contributed by atoms with E-state index in [1.807, 2.05) is 6.07 Å². The monoisotopic (exact) mass is 443 g/mol. The van der Waals surface area contributed by atoms with Gasteiger partial charge in [0.05, 0.1) is 24.2 Å². The third-order valence-electron chi connectivity index (χ3n) is 4.02. The highest BCUT2D eigenvalue weighted by molar-refractivity contribution is 9.10. The number of hydrogen-bond donors (Lipinski definition) is 0. The molecule has 0 saturated heterocycles. The van der Waals surface area contributed by atoms with Crippen molar-refractivity contribution in [3.8, 4) is 5.75 Å². The number of aromatic nitrogens is 2. The summed E-state index contributed by atoms with van der Waals surface area (Å²) in [6.45, 7) is 3.34. The van der Waals surface area contributed by atoms with Crippen LogP contribution in [-0.2, 0) is 9.53 Å². The number of aryl methyl sites for hydroxylation is 1. The minimum Gasteiger partial charge on any atom is -0.479 e. The molecule has 0 aliphatic rings. The first kappa shape index (κ1) is 19.8. The summed E-state index contributed by atoms with van der Waals surface area (Å²) in [4.78, 5) is 28.6. The van der Waals surface area contributed by atoms with Crippen molar-refractivity contribution in [1.82, 2.24) is 9.66 Å². The Labute approximate surface area is 169 Å². The van der Waals surface area contributed by atoms with Gasteiger partial charge in [0.1, 0.15) is 11.6 Å². The third kappa shape index (κ3) is 4.28. The summed E-state index contributed by atoms with van der Waals surface area (Å²) in [5.41, 5.74) is 1.14. The highest BCUT2D eigenvalue weighted by Crippen LogP contribution is 2.16. The summed E-state index contributed by atoms with van der Waals surface area (Å²) in [5, 5.41) is 4.76. The van der Waals surface area contributed by atoms with E-state index in [-0.39, 0.29) is 5.56 Å². The lowest BCUT2D eigenvalue weighted by atomic mass is 10.2. The molecule has 0 fully saturated rings. The summed E-state index contributed by atoms with van der Waals surface area (Å²) in [7, 11) is 1.31. The Balaban J connectivity index is 1.84. The fraction of sp³-hybridized carbons (Fsp3) is 0.200. The van der Waals surface area contributed by atoms with Gasteiger partial charge >= 0.3 is 5.97 Å². The van der Waals surface area contributed by atoms with E-state index in [4.69, 9.17) is 4.74 Å². The molecule has 0 amide bonds. The number of carbonyl (C=O) groups is 1. The Morgan fingerprint density at radius 1 is 1.25 bits per heavy atom. The van der Waals surface area contributed by atoms with E-state index in [9.17, 15) is 9.59 Å². The quantitative estimate of drug-likeness (QED) is 0.446. The number of halogens is 1. The molecule has 0 bridgehead atoms. The van der Waals surface area contributed by atoms with Crippen LogP contribution in [0.4, 0.5) is 0 Å². The van der Waals surface area contributed by atoms with Gasteiger partial charge in [-0.2, -0.15) is 9.78 Å². The molecule has 1 aromatic heterocycles. The highest BCUT2D eigenvalue weighted by atomic mass is 79.9. The Kier molecular flexibility index (Phi) is 5.89. The van der Waals surface area contributed by atoms with Gasteiger partial charge in [0.25, 0.3) is 5.56 Å². The molecule has 1 heterocycles. The molecule has 1 atom stereocenters. The minimum atomic E-state index is -0.700. The van der Waals surface area contributed by atoms with Crippen LogP contribution in [0.2, 0.25) is 0 Å². The van der Waals surface area contributed by atoms with Crippen LogP contribution in [-0.4, -0.2) is 35.1 Å². The fourth-order valence-corrected chi connectivity index (χ4v) is 2.93. The number of esters is 1. The Bertz CT molecular complexity index is 1110. The summed E-state index contributed by atoms with van der Waals surface area (Å²) in [6, 6.07) is 12.3. The minimum absolute atomic E-state index is 0.244. The van der Waals surface area contributed by atoms with Crippen LogP contribution >= 0.6 is 15.9 Å². The van der Waals surface area contributed by atoms with Crippen molar-refractivity contribution in [1.29, 1.82) is 0 Å². The number of benzene rings is 2. The van der Waals surface area contributed by atoms with Gasteiger partial charge in [0.2, 0.25) is 0 Å². The Morgan fingerprint density at radius 2 is 1.96 bits per heavy atom. The van der Waals surface area contributed by atoms with E-state index in [2.05, 4.69) is 30.8 Å². The van der Waals surface area contributed by atoms with Gasteiger partial charge in [-0.3, -0.25) is 4.79 Å². The van der Waals surface area contributed by atoms with Crippen LogP contribution in [0.15, 0.2) is 56.8 Å². The Hall–Kier alpha value is -3.00. The van der Waals surface area contributed by atoms with Crippen LogP contribution in [0.1, 0.15) is 18.3 Å². The standard InChI is InChI=1S/C20H18BrN3O4/c1-12(20(26)27-3)28-16-7-4-14(5-8-16)11-22-24-13(2)23-18-9-6-15(21)10-17(18)19(24)25/h4-12H,1-3H3/t12-/m1/s1. The largest absolute Gasteiger partial charge is 0.479 e. The van der Waals surface area contributed by atoms with Crippen molar-refractivity contribution < 1.29 is 14.3 Å². The van der Waals surface area contributed by atoms with Crippen molar-refractivity contribution in [2.75, 3.05) is 7.11 Å². The van der Waals surface area contributed by atoms with E-state index < -0.39 is 12.1 Å². The average molecular weight is 444 g/mol. The van der Waals surface area contributed by atoms with Gasteiger partial charge in [-0.15, -0.1) is 0 Å². The number of fused-ring (bicyclic) bond motifs is 1. The maximum absolute atomic E-state index is 12.7. The second kappa shape index (κ2) is 8.35. The lowest BCUT2D eigenvalue weighted by Gasteiger charge is -2.12. The van der Waals surface area contributed by atoms with Gasteiger partial charge in [-0.1, -0.05) is 15.9 Å². The van der Waals surface area contributed by atoms with Crippen molar-refractivity contribution in [3.05, 3.63) is 68.7 Å². The summed E-state index contributed by atoms with van der Waals surface area (Å²) in [5.74, 6) is 0.569. The number of methoxy groups -OCH3 is 1. The highest BCUT2D eigenvalue weighted by Gasteiger charge is 2.14. The van der Waals surface area contributed by atoms with Crippen LogP contribution in [0.5, 0.6) is 5.75 Å². The van der Waals surface area contributed by atoms with Crippen molar-refractivity contribution in [2.45, 2.75) is 20.0 Å². The predicted molar refractivity (Wildman–Crippen MR) is 110 cm³/mol. The van der Waals surface area contributed by atoms with Gasteiger partial charge in [0, 0.05) is 4.47 Å². The van der Waals surface area contributed by atoms with Crippen molar-refractivity contribution in [2.24, 2.45) is 5.10 Å². The van der Waals surface area contributed by atoms with Crippen molar-refractivity contribution >= 4 is 39.0 Å². The molecule has 0 aliphatic heterocycles. The van der Waals surface area contributed by atoms with Gasteiger partial charge in [-0.05, 0) is 61.9 Å². The number of ether oxygens (including phenoxy) is 2. The number of carbonyl (C=O) groups excluding carboxylic acids is 1. The van der Waals surface area contributed by atoms with E-state index in [0.29, 0.717) is 22.5 Å². The van der Waals surface area contributed by atoms with Crippen LogP contribution in [0, 0.1) is 6.92 Å². The number of rotatable bonds is 5.